The molecule has 0 heterocycles. The quantitative estimate of drug-likeness (QED) is 0.302. The van der Waals surface area contributed by atoms with Gasteiger partial charge in [-0.2, -0.15) is 26.3 Å². The molecule has 0 aromatic heterocycles. The summed E-state index contributed by atoms with van der Waals surface area (Å²) in [4.78, 5) is 0. The second-order valence-electron chi connectivity index (χ2n) is 7.46. The molecular formula is C21H24F6O3Si. The summed E-state index contributed by atoms with van der Waals surface area (Å²) < 4.78 is 95.2. The average Bonchev–Trinajstić information content (AvgIpc) is 2.64. The molecule has 0 saturated carbocycles. The molecule has 3 nitrogen and oxygen atoms in total. The van der Waals surface area contributed by atoms with Gasteiger partial charge in [0.25, 0.3) is 6.48 Å². The third kappa shape index (κ3) is 7.95. The van der Waals surface area contributed by atoms with Crippen LogP contribution in [-0.2, 0) is 26.3 Å². The highest BCUT2D eigenvalue weighted by Gasteiger charge is 2.37. The zero-order valence-corrected chi connectivity index (χ0v) is 18.9. The molecular weight excluding hydrogens is 442 g/mol. The Balaban J connectivity index is 2.22. The molecule has 0 fully saturated rings. The van der Waals surface area contributed by atoms with E-state index in [9.17, 15) is 26.3 Å². The Morgan fingerprint density at radius 1 is 0.677 bits per heavy atom. The molecule has 10 heteroatoms. The van der Waals surface area contributed by atoms with Crippen LogP contribution in [-0.4, -0.2) is 28.4 Å². The second kappa shape index (κ2) is 10.2. The van der Waals surface area contributed by atoms with E-state index in [0.29, 0.717) is 12.1 Å². The summed E-state index contributed by atoms with van der Waals surface area (Å²) in [6.07, 6.45) is -10.0. The van der Waals surface area contributed by atoms with Crippen molar-refractivity contribution in [3.8, 4) is 11.1 Å². The maximum Gasteiger partial charge on any atom is 0.416 e. The molecule has 172 valence electrons. The smallest absolute Gasteiger partial charge is 0.373 e. The lowest BCUT2D eigenvalue weighted by atomic mass is 9.99. The monoisotopic (exact) mass is 466 g/mol. The molecule has 0 aliphatic carbocycles. The summed E-state index contributed by atoms with van der Waals surface area (Å²) in [5, 5.41) is 0.788. The van der Waals surface area contributed by atoms with Gasteiger partial charge in [0.2, 0.25) is 0 Å². The van der Waals surface area contributed by atoms with Gasteiger partial charge < -0.3 is 13.9 Å². The fraction of sp³-hybridized carbons (Fsp3) is 0.429. The maximum atomic E-state index is 13.1. The molecule has 0 N–H and O–H groups in total. The van der Waals surface area contributed by atoms with Crippen LogP contribution in [0.5, 0.6) is 0 Å². The zero-order valence-electron chi connectivity index (χ0n) is 17.5. The van der Waals surface area contributed by atoms with Gasteiger partial charge in [0.1, 0.15) is 0 Å². The van der Waals surface area contributed by atoms with E-state index in [-0.39, 0.29) is 29.4 Å². The highest BCUT2D eigenvalue weighted by molar-refractivity contribution is 6.46. The molecule has 0 spiro atoms. The highest BCUT2D eigenvalue weighted by atomic mass is 28.2. The van der Waals surface area contributed by atoms with E-state index in [1.807, 2.05) is 27.7 Å². The maximum absolute atomic E-state index is 13.1. The molecule has 0 atom stereocenters. The first kappa shape index (κ1) is 25.4. The van der Waals surface area contributed by atoms with E-state index < -0.39 is 39.7 Å². The van der Waals surface area contributed by atoms with Gasteiger partial charge in [-0.1, -0.05) is 24.3 Å². The first-order chi connectivity index (χ1) is 14.3. The fourth-order valence-electron chi connectivity index (χ4n) is 2.63. The lowest BCUT2D eigenvalue weighted by molar-refractivity contribution is -0.274. The van der Waals surface area contributed by atoms with E-state index in [2.05, 4.69) is 0 Å². The number of ether oxygens (including phenoxy) is 2. The van der Waals surface area contributed by atoms with Crippen LogP contribution in [0.25, 0.3) is 11.1 Å². The van der Waals surface area contributed by atoms with Crippen molar-refractivity contribution in [3.63, 3.8) is 0 Å². The molecule has 0 saturated heterocycles. The minimum Gasteiger partial charge on any atom is -0.373 e. The Morgan fingerprint density at radius 2 is 1.13 bits per heavy atom. The summed E-state index contributed by atoms with van der Waals surface area (Å²) in [5.74, 6) is 0. The van der Waals surface area contributed by atoms with Gasteiger partial charge in [-0.05, 0) is 62.2 Å². The van der Waals surface area contributed by atoms with Crippen molar-refractivity contribution in [1.82, 2.24) is 0 Å². The van der Waals surface area contributed by atoms with Gasteiger partial charge in [-0.3, -0.25) is 0 Å². The summed E-state index contributed by atoms with van der Waals surface area (Å²) in [7, 11) is -1.31. The number of hydrogen-bond acceptors (Lipinski definition) is 3. The Labute approximate surface area is 179 Å². The molecule has 2 rings (SSSR count). The van der Waals surface area contributed by atoms with Crippen molar-refractivity contribution in [1.29, 1.82) is 0 Å². The molecule has 0 amide bonds. The Kier molecular flexibility index (Phi) is 8.32. The summed E-state index contributed by atoms with van der Waals surface area (Å²) in [6.45, 7) is 6.49. The summed E-state index contributed by atoms with van der Waals surface area (Å²) in [6, 6.07) is 7.73. The van der Waals surface area contributed by atoms with E-state index in [4.69, 9.17) is 13.9 Å². The van der Waals surface area contributed by atoms with Gasteiger partial charge in [-0.15, -0.1) is 0 Å². The van der Waals surface area contributed by atoms with Crippen molar-refractivity contribution in [2.24, 2.45) is 0 Å². The molecule has 0 bridgehead atoms. The van der Waals surface area contributed by atoms with Crippen molar-refractivity contribution in [2.75, 3.05) is 0 Å². The van der Waals surface area contributed by atoms with Crippen molar-refractivity contribution < 1.29 is 40.2 Å². The molecule has 0 aliphatic rings. The molecule has 2 aromatic carbocycles. The normalized spacial score (nSPS) is 13.3. The Morgan fingerprint density at radius 3 is 1.52 bits per heavy atom. The van der Waals surface area contributed by atoms with Crippen LogP contribution in [0.15, 0.2) is 42.5 Å². The van der Waals surface area contributed by atoms with Gasteiger partial charge in [0.15, 0.2) is 9.76 Å². The van der Waals surface area contributed by atoms with Crippen LogP contribution in [0.4, 0.5) is 26.3 Å². The topological polar surface area (TPSA) is 27.7 Å². The first-order valence-corrected chi connectivity index (χ1v) is 10.9. The lowest BCUT2D eigenvalue weighted by Crippen LogP contribution is -2.32. The van der Waals surface area contributed by atoms with Crippen molar-refractivity contribution in [3.05, 3.63) is 53.6 Å². The van der Waals surface area contributed by atoms with Gasteiger partial charge in [-0.25, -0.2) is 0 Å². The predicted molar refractivity (Wildman–Crippen MR) is 107 cm³/mol. The van der Waals surface area contributed by atoms with Crippen LogP contribution >= 0.6 is 0 Å². The largest absolute Gasteiger partial charge is 0.416 e. The number of benzene rings is 2. The van der Waals surface area contributed by atoms with Gasteiger partial charge >= 0.3 is 12.4 Å². The van der Waals surface area contributed by atoms with E-state index in [1.165, 1.54) is 12.1 Å². The first-order valence-electron chi connectivity index (χ1n) is 9.57. The molecule has 2 aromatic rings. The highest BCUT2D eigenvalue weighted by Crippen LogP contribution is 2.38. The molecule has 0 unspecified atom stereocenters. The van der Waals surface area contributed by atoms with Crippen LogP contribution < -0.4 is 5.19 Å². The van der Waals surface area contributed by atoms with E-state index in [1.54, 1.807) is 12.1 Å². The van der Waals surface area contributed by atoms with Crippen LogP contribution in [0.2, 0.25) is 0 Å². The standard InChI is InChI=1S/C21H24F6O3Si/c1-12(2)28-19(29-13(3)4)30-31-18-7-5-14(6-8-18)15-9-16(20(22,23)24)11-17(10-15)21(25,26)27/h5-13,19H,31H2,1-4H3. The lowest BCUT2D eigenvalue weighted by Gasteiger charge is -2.23. The fourth-order valence-corrected chi connectivity index (χ4v) is 3.55. The summed E-state index contributed by atoms with van der Waals surface area (Å²) >= 11 is 0. The van der Waals surface area contributed by atoms with Crippen LogP contribution in [0.3, 0.4) is 0 Å². The molecule has 31 heavy (non-hydrogen) atoms. The third-order valence-corrected chi connectivity index (χ3v) is 5.27. The SMILES string of the molecule is CC(C)OC(O[SiH2]c1ccc(-c2cc(C(F)(F)F)cc(C(F)(F)F)c2)cc1)OC(C)C. The van der Waals surface area contributed by atoms with Crippen molar-refractivity contribution >= 4 is 14.9 Å². The van der Waals surface area contributed by atoms with Gasteiger partial charge in [0, 0.05) is 0 Å². The Bertz CT molecular complexity index is 805. The van der Waals surface area contributed by atoms with Crippen LogP contribution in [0.1, 0.15) is 38.8 Å². The third-order valence-electron chi connectivity index (χ3n) is 4.03. The number of alkyl halides is 6. The zero-order chi connectivity index (χ0) is 23.4. The van der Waals surface area contributed by atoms with E-state index >= 15 is 0 Å². The second-order valence-corrected chi connectivity index (χ2v) is 8.90. The predicted octanol–water partition coefficient (Wildman–Crippen LogP) is 5.25. The molecule has 0 radical (unpaired) electrons. The Hall–Kier alpha value is -1.88. The van der Waals surface area contributed by atoms with Crippen molar-refractivity contribution in [2.45, 2.75) is 58.7 Å². The minimum absolute atomic E-state index is 0.113. The van der Waals surface area contributed by atoms with Gasteiger partial charge in [0.05, 0.1) is 23.3 Å². The number of hydrogen-bond donors (Lipinski definition) is 0. The van der Waals surface area contributed by atoms with E-state index in [0.717, 1.165) is 5.19 Å². The number of halogens is 6. The summed E-state index contributed by atoms with van der Waals surface area (Å²) in [5.41, 5.74) is -2.62. The van der Waals surface area contributed by atoms with Crippen LogP contribution in [0, 0.1) is 0 Å². The minimum atomic E-state index is -4.89. The average molecular weight is 466 g/mol. The number of rotatable bonds is 8. The molecule has 0 aliphatic heterocycles.